The van der Waals surface area contributed by atoms with Crippen LogP contribution in [-0.4, -0.2) is 6.21 Å². The van der Waals surface area contributed by atoms with Crippen molar-refractivity contribution in [1.29, 1.82) is 5.26 Å². The Bertz CT molecular complexity index is 982. The minimum atomic E-state index is 0.337. The van der Waals surface area contributed by atoms with Gasteiger partial charge in [-0.3, -0.25) is 0 Å². The summed E-state index contributed by atoms with van der Waals surface area (Å²) < 4.78 is 12.4. The minimum Gasteiger partial charge on any atom is -0.489 e. The fourth-order valence-corrected chi connectivity index (χ4v) is 2.66. The van der Waals surface area contributed by atoms with Crippen LogP contribution in [0.3, 0.4) is 0 Å². The topological polar surface area (TPSA) is 58.5 Å². The summed E-state index contributed by atoms with van der Waals surface area (Å²) in [6, 6.07) is 17.8. The number of benzene rings is 2. The van der Waals surface area contributed by atoms with Crippen molar-refractivity contribution < 1.29 is 9.15 Å². The van der Waals surface area contributed by atoms with Crippen molar-refractivity contribution in [1.82, 2.24) is 0 Å². The molecule has 130 valence electrons. The van der Waals surface area contributed by atoms with Gasteiger partial charge in [0.15, 0.2) is 0 Å². The smallest absolute Gasteiger partial charge is 0.237 e. The Hall–Kier alpha value is -2.84. The van der Waals surface area contributed by atoms with Gasteiger partial charge in [0.05, 0.1) is 0 Å². The van der Waals surface area contributed by atoms with Crippen molar-refractivity contribution in [2.24, 2.45) is 4.99 Å². The molecule has 0 saturated heterocycles. The van der Waals surface area contributed by atoms with E-state index in [1.54, 1.807) is 6.21 Å². The van der Waals surface area contributed by atoms with E-state index in [0.717, 1.165) is 26.9 Å². The molecule has 0 aliphatic carbocycles. The molecular formula is C21H17BrN2O2. The van der Waals surface area contributed by atoms with Crippen LogP contribution in [0.2, 0.25) is 0 Å². The van der Waals surface area contributed by atoms with Gasteiger partial charge in [0.1, 0.15) is 29.7 Å². The summed E-state index contributed by atoms with van der Waals surface area (Å²) in [4.78, 5) is 4.32. The molecule has 0 bridgehead atoms. The van der Waals surface area contributed by atoms with Crippen LogP contribution in [0.4, 0.5) is 5.88 Å². The van der Waals surface area contributed by atoms with Crippen LogP contribution in [0.15, 0.2) is 62.4 Å². The minimum absolute atomic E-state index is 0.337. The van der Waals surface area contributed by atoms with E-state index in [1.807, 2.05) is 62.4 Å². The number of hydrogen-bond donors (Lipinski definition) is 0. The highest BCUT2D eigenvalue weighted by atomic mass is 79.9. The van der Waals surface area contributed by atoms with Crippen LogP contribution in [0.1, 0.15) is 28.0 Å². The largest absolute Gasteiger partial charge is 0.489 e. The molecule has 0 aliphatic rings. The maximum Gasteiger partial charge on any atom is 0.237 e. The number of nitrogens with zero attached hydrogens (tertiary/aromatic N) is 2. The number of rotatable bonds is 5. The van der Waals surface area contributed by atoms with Gasteiger partial charge in [0.2, 0.25) is 5.88 Å². The van der Waals surface area contributed by atoms with Gasteiger partial charge >= 0.3 is 0 Å². The van der Waals surface area contributed by atoms with Crippen LogP contribution in [0.25, 0.3) is 0 Å². The maximum atomic E-state index is 9.24. The summed E-state index contributed by atoms with van der Waals surface area (Å²) >= 11 is 3.42. The lowest BCUT2D eigenvalue weighted by molar-refractivity contribution is 0.306. The molecule has 1 heterocycles. The number of nitriles is 1. The normalized spacial score (nSPS) is 10.8. The molecule has 1 aromatic heterocycles. The molecule has 0 atom stereocenters. The van der Waals surface area contributed by atoms with Crippen molar-refractivity contribution in [3.63, 3.8) is 0 Å². The molecule has 5 heteroatoms. The van der Waals surface area contributed by atoms with E-state index >= 15 is 0 Å². The molecule has 0 saturated carbocycles. The van der Waals surface area contributed by atoms with Crippen LogP contribution in [-0.2, 0) is 6.61 Å². The van der Waals surface area contributed by atoms with Gasteiger partial charge in [-0.15, -0.1) is 0 Å². The Morgan fingerprint density at radius 3 is 2.69 bits per heavy atom. The first-order valence-corrected chi connectivity index (χ1v) is 8.87. The van der Waals surface area contributed by atoms with Crippen LogP contribution in [0.5, 0.6) is 5.75 Å². The van der Waals surface area contributed by atoms with Gasteiger partial charge in [-0.05, 0) is 49.2 Å². The quantitative estimate of drug-likeness (QED) is 0.496. The SMILES string of the molecule is Cc1oc(N=Cc2cccc(OCc3ccc(Br)cc3)c2)c(C#N)c1C. The molecule has 3 aromatic rings. The molecule has 0 unspecified atom stereocenters. The molecule has 0 N–H and O–H groups in total. The van der Waals surface area contributed by atoms with E-state index in [9.17, 15) is 5.26 Å². The van der Waals surface area contributed by atoms with Gasteiger partial charge in [-0.2, -0.15) is 5.26 Å². The zero-order valence-corrected chi connectivity index (χ0v) is 16.1. The molecule has 0 spiro atoms. The predicted molar refractivity (Wildman–Crippen MR) is 105 cm³/mol. The summed E-state index contributed by atoms with van der Waals surface area (Å²) in [7, 11) is 0. The predicted octanol–water partition coefficient (Wildman–Crippen LogP) is 5.86. The van der Waals surface area contributed by atoms with Crippen LogP contribution < -0.4 is 4.74 Å². The second-order valence-electron chi connectivity index (χ2n) is 5.82. The average molecular weight is 409 g/mol. The first kappa shape index (κ1) is 18.0. The second kappa shape index (κ2) is 8.03. The summed E-state index contributed by atoms with van der Waals surface area (Å²) in [6.07, 6.45) is 1.67. The van der Waals surface area contributed by atoms with Gasteiger partial charge in [0.25, 0.3) is 0 Å². The van der Waals surface area contributed by atoms with E-state index in [2.05, 4.69) is 27.0 Å². The monoisotopic (exact) mass is 408 g/mol. The Kier molecular flexibility index (Phi) is 5.55. The van der Waals surface area contributed by atoms with Crippen molar-refractivity contribution in [3.05, 3.63) is 81.0 Å². The fraction of sp³-hybridized carbons (Fsp3) is 0.143. The lowest BCUT2D eigenvalue weighted by atomic mass is 10.2. The first-order chi connectivity index (χ1) is 12.6. The Labute approximate surface area is 160 Å². The Balaban J connectivity index is 1.72. The Morgan fingerprint density at radius 2 is 1.96 bits per heavy atom. The highest BCUT2D eigenvalue weighted by Gasteiger charge is 2.12. The number of halogens is 1. The molecule has 0 radical (unpaired) electrons. The first-order valence-electron chi connectivity index (χ1n) is 8.08. The highest BCUT2D eigenvalue weighted by molar-refractivity contribution is 9.10. The summed E-state index contributed by atoms with van der Waals surface area (Å²) in [5, 5.41) is 9.24. The number of aryl methyl sites for hydroxylation is 1. The zero-order chi connectivity index (χ0) is 18.5. The summed E-state index contributed by atoms with van der Waals surface area (Å²) in [6.45, 7) is 4.17. The molecule has 0 amide bonds. The second-order valence-corrected chi connectivity index (χ2v) is 6.74. The standard InChI is InChI=1S/C21H17BrN2O2/c1-14-15(2)26-21(20(14)11-23)24-12-17-4-3-5-19(10-17)25-13-16-6-8-18(22)9-7-16/h3-10,12H,13H2,1-2H3. The van der Waals surface area contributed by atoms with E-state index in [-0.39, 0.29) is 0 Å². The maximum absolute atomic E-state index is 9.24. The van der Waals surface area contributed by atoms with E-state index in [0.29, 0.717) is 23.8 Å². The zero-order valence-electron chi connectivity index (χ0n) is 14.5. The average Bonchev–Trinajstić information content (AvgIpc) is 2.93. The molecule has 4 nitrogen and oxygen atoms in total. The number of hydrogen-bond acceptors (Lipinski definition) is 4. The van der Waals surface area contributed by atoms with Crippen molar-refractivity contribution in [2.45, 2.75) is 20.5 Å². The van der Waals surface area contributed by atoms with Crippen LogP contribution in [0, 0.1) is 25.2 Å². The molecule has 3 rings (SSSR count). The third-order valence-corrected chi connectivity index (χ3v) is 4.51. The van der Waals surface area contributed by atoms with Crippen molar-refractivity contribution in [3.8, 4) is 11.8 Å². The summed E-state index contributed by atoms with van der Waals surface area (Å²) in [5.41, 5.74) is 3.26. The molecule has 0 aliphatic heterocycles. The van der Waals surface area contributed by atoms with Gasteiger partial charge in [-0.1, -0.05) is 40.2 Å². The van der Waals surface area contributed by atoms with Crippen molar-refractivity contribution >= 4 is 28.0 Å². The highest BCUT2D eigenvalue weighted by Crippen LogP contribution is 2.28. The fourth-order valence-electron chi connectivity index (χ4n) is 2.40. The Morgan fingerprint density at radius 1 is 1.19 bits per heavy atom. The lowest BCUT2D eigenvalue weighted by Crippen LogP contribution is -1.95. The third-order valence-electron chi connectivity index (χ3n) is 3.99. The summed E-state index contributed by atoms with van der Waals surface area (Å²) in [5.74, 6) is 1.80. The van der Waals surface area contributed by atoms with Gasteiger partial charge in [-0.25, -0.2) is 4.99 Å². The van der Waals surface area contributed by atoms with Gasteiger partial charge < -0.3 is 9.15 Å². The van der Waals surface area contributed by atoms with E-state index in [4.69, 9.17) is 9.15 Å². The number of aliphatic imine (C=N–C) groups is 1. The van der Waals surface area contributed by atoms with Crippen LogP contribution >= 0.6 is 15.9 Å². The van der Waals surface area contributed by atoms with Gasteiger partial charge in [0, 0.05) is 16.3 Å². The van der Waals surface area contributed by atoms with Crippen molar-refractivity contribution in [2.75, 3.05) is 0 Å². The lowest BCUT2D eigenvalue weighted by Gasteiger charge is -2.07. The number of ether oxygens (including phenoxy) is 1. The third kappa shape index (κ3) is 4.22. The number of furan rings is 1. The van der Waals surface area contributed by atoms with E-state index in [1.165, 1.54) is 0 Å². The molecule has 0 fully saturated rings. The molecular weight excluding hydrogens is 392 g/mol. The molecule has 26 heavy (non-hydrogen) atoms. The molecule has 2 aromatic carbocycles. The van der Waals surface area contributed by atoms with E-state index < -0.39 is 0 Å².